The summed E-state index contributed by atoms with van der Waals surface area (Å²) in [5.41, 5.74) is 0. The first kappa shape index (κ1) is 12.4. The SMILES string of the molecule is CC(C)CCCN(C)C(=O)CCO. The number of hydrogen-bond donors (Lipinski definition) is 1. The molecule has 3 heteroatoms. The van der Waals surface area contributed by atoms with Gasteiger partial charge in [-0.15, -0.1) is 0 Å². The van der Waals surface area contributed by atoms with Crippen LogP contribution in [0.5, 0.6) is 0 Å². The molecule has 0 atom stereocenters. The zero-order valence-electron chi connectivity index (χ0n) is 8.92. The summed E-state index contributed by atoms with van der Waals surface area (Å²) in [6, 6.07) is 0. The Bertz CT molecular complexity index is 146. The Hall–Kier alpha value is -0.570. The molecule has 1 amide bonds. The average molecular weight is 187 g/mol. The first-order chi connectivity index (χ1) is 6.07. The number of carbonyl (C=O) groups is 1. The van der Waals surface area contributed by atoms with E-state index in [9.17, 15) is 4.79 Å². The van der Waals surface area contributed by atoms with Gasteiger partial charge in [0, 0.05) is 20.0 Å². The zero-order chi connectivity index (χ0) is 10.3. The van der Waals surface area contributed by atoms with Crippen molar-refractivity contribution in [2.75, 3.05) is 20.2 Å². The molecule has 0 bridgehead atoms. The van der Waals surface area contributed by atoms with Gasteiger partial charge in [0.1, 0.15) is 0 Å². The number of rotatable bonds is 6. The summed E-state index contributed by atoms with van der Waals surface area (Å²) in [5.74, 6) is 0.729. The van der Waals surface area contributed by atoms with E-state index in [0.29, 0.717) is 5.92 Å². The van der Waals surface area contributed by atoms with Crippen molar-refractivity contribution in [2.24, 2.45) is 5.92 Å². The molecule has 0 aliphatic rings. The Kier molecular flexibility index (Phi) is 6.59. The van der Waals surface area contributed by atoms with E-state index in [1.165, 1.54) is 0 Å². The average Bonchev–Trinajstić information content (AvgIpc) is 2.04. The number of hydrogen-bond acceptors (Lipinski definition) is 2. The third kappa shape index (κ3) is 6.58. The van der Waals surface area contributed by atoms with E-state index >= 15 is 0 Å². The summed E-state index contributed by atoms with van der Waals surface area (Å²) in [7, 11) is 1.79. The van der Waals surface area contributed by atoms with E-state index in [-0.39, 0.29) is 18.9 Å². The van der Waals surface area contributed by atoms with Crippen molar-refractivity contribution in [1.29, 1.82) is 0 Å². The van der Waals surface area contributed by atoms with E-state index in [4.69, 9.17) is 5.11 Å². The summed E-state index contributed by atoms with van der Waals surface area (Å²) >= 11 is 0. The van der Waals surface area contributed by atoms with Crippen LogP contribution in [0.25, 0.3) is 0 Å². The van der Waals surface area contributed by atoms with Crippen LogP contribution in [0.2, 0.25) is 0 Å². The molecule has 13 heavy (non-hydrogen) atoms. The molecule has 0 saturated carbocycles. The van der Waals surface area contributed by atoms with E-state index in [1.807, 2.05) is 0 Å². The Morgan fingerprint density at radius 1 is 1.46 bits per heavy atom. The van der Waals surface area contributed by atoms with E-state index in [2.05, 4.69) is 13.8 Å². The molecule has 0 aromatic rings. The highest BCUT2D eigenvalue weighted by Gasteiger charge is 2.06. The van der Waals surface area contributed by atoms with Gasteiger partial charge in [0.25, 0.3) is 0 Å². The number of nitrogens with zero attached hydrogens (tertiary/aromatic N) is 1. The van der Waals surface area contributed by atoms with Crippen LogP contribution in [-0.2, 0) is 4.79 Å². The van der Waals surface area contributed by atoms with Crippen LogP contribution in [0.15, 0.2) is 0 Å². The smallest absolute Gasteiger partial charge is 0.224 e. The molecule has 3 nitrogen and oxygen atoms in total. The number of amides is 1. The van der Waals surface area contributed by atoms with Gasteiger partial charge in [-0.1, -0.05) is 13.8 Å². The minimum absolute atomic E-state index is 0.0336. The predicted molar refractivity (Wildman–Crippen MR) is 53.4 cm³/mol. The van der Waals surface area contributed by atoms with Gasteiger partial charge in [0.2, 0.25) is 5.91 Å². The molecule has 0 unspecified atom stereocenters. The molecule has 0 aromatic heterocycles. The highest BCUT2D eigenvalue weighted by Crippen LogP contribution is 2.04. The van der Waals surface area contributed by atoms with E-state index in [1.54, 1.807) is 11.9 Å². The molecular weight excluding hydrogens is 166 g/mol. The van der Waals surface area contributed by atoms with Crippen LogP contribution in [-0.4, -0.2) is 36.1 Å². The minimum Gasteiger partial charge on any atom is -0.396 e. The third-order valence-corrected chi connectivity index (χ3v) is 2.03. The predicted octanol–water partition coefficient (Wildman–Crippen LogP) is 1.26. The van der Waals surface area contributed by atoms with Gasteiger partial charge in [-0.25, -0.2) is 0 Å². The largest absolute Gasteiger partial charge is 0.396 e. The van der Waals surface area contributed by atoms with Crippen LogP contribution < -0.4 is 0 Å². The lowest BCUT2D eigenvalue weighted by Crippen LogP contribution is -2.28. The van der Waals surface area contributed by atoms with Gasteiger partial charge < -0.3 is 10.0 Å². The molecule has 0 rings (SSSR count). The van der Waals surface area contributed by atoms with Crippen molar-refractivity contribution in [3.05, 3.63) is 0 Å². The fraction of sp³-hybridized carbons (Fsp3) is 0.900. The summed E-state index contributed by atoms with van der Waals surface area (Å²) in [5, 5.41) is 8.55. The number of carbonyl (C=O) groups excluding carboxylic acids is 1. The van der Waals surface area contributed by atoms with Gasteiger partial charge in [-0.3, -0.25) is 4.79 Å². The van der Waals surface area contributed by atoms with E-state index < -0.39 is 0 Å². The maximum absolute atomic E-state index is 11.2. The van der Waals surface area contributed by atoms with Crippen molar-refractivity contribution >= 4 is 5.91 Å². The van der Waals surface area contributed by atoms with Gasteiger partial charge >= 0.3 is 0 Å². The quantitative estimate of drug-likeness (QED) is 0.680. The summed E-state index contributed by atoms with van der Waals surface area (Å²) in [6.45, 7) is 5.11. The number of aliphatic hydroxyl groups excluding tert-OH is 1. The van der Waals surface area contributed by atoms with Crippen molar-refractivity contribution in [2.45, 2.75) is 33.1 Å². The van der Waals surface area contributed by atoms with Gasteiger partial charge in [0.05, 0.1) is 6.61 Å². The lowest BCUT2D eigenvalue weighted by molar-refractivity contribution is -0.130. The topological polar surface area (TPSA) is 40.5 Å². The lowest BCUT2D eigenvalue weighted by Gasteiger charge is -2.16. The summed E-state index contributed by atoms with van der Waals surface area (Å²) in [4.78, 5) is 12.9. The van der Waals surface area contributed by atoms with Gasteiger partial charge in [-0.2, -0.15) is 0 Å². The fourth-order valence-corrected chi connectivity index (χ4v) is 1.15. The standard InChI is InChI=1S/C10H21NO2/c1-9(2)5-4-7-11(3)10(13)6-8-12/h9,12H,4-8H2,1-3H3. The second-order valence-electron chi connectivity index (χ2n) is 3.82. The first-order valence-corrected chi connectivity index (χ1v) is 4.92. The Balaban J connectivity index is 3.49. The molecule has 0 aliphatic carbocycles. The maximum atomic E-state index is 11.2. The minimum atomic E-state index is -0.0483. The van der Waals surface area contributed by atoms with Crippen molar-refractivity contribution in [3.63, 3.8) is 0 Å². The van der Waals surface area contributed by atoms with Crippen LogP contribution >= 0.6 is 0 Å². The van der Waals surface area contributed by atoms with E-state index in [0.717, 1.165) is 19.4 Å². The molecule has 0 heterocycles. The van der Waals surface area contributed by atoms with Crippen molar-refractivity contribution in [1.82, 2.24) is 4.90 Å². The zero-order valence-corrected chi connectivity index (χ0v) is 8.92. The van der Waals surface area contributed by atoms with Crippen LogP contribution in [0.4, 0.5) is 0 Å². The highest BCUT2D eigenvalue weighted by atomic mass is 16.3. The molecule has 0 saturated heterocycles. The normalized spacial score (nSPS) is 10.5. The lowest BCUT2D eigenvalue weighted by atomic mass is 10.1. The summed E-state index contributed by atoms with van der Waals surface area (Å²) in [6.07, 6.45) is 2.44. The molecular formula is C10H21NO2. The molecule has 1 N–H and O–H groups in total. The molecule has 78 valence electrons. The summed E-state index contributed by atoms with van der Waals surface area (Å²) < 4.78 is 0. The highest BCUT2D eigenvalue weighted by molar-refractivity contribution is 5.75. The first-order valence-electron chi connectivity index (χ1n) is 4.92. The van der Waals surface area contributed by atoms with Gasteiger partial charge in [0.15, 0.2) is 0 Å². The van der Waals surface area contributed by atoms with Gasteiger partial charge in [-0.05, 0) is 18.8 Å². The second kappa shape index (κ2) is 6.89. The Morgan fingerprint density at radius 3 is 2.54 bits per heavy atom. The molecule has 0 fully saturated rings. The van der Waals surface area contributed by atoms with Crippen LogP contribution in [0, 0.1) is 5.92 Å². The third-order valence-electron chi connectivity index (χ3n) is 2.03. The molecule has 0 radical (unpaired) electrons. The molecule has 0 aromatic carbocycles. The Labute approximate surface area is 80.7 Å². The van der Waals surface area contributed by atoms with Crippen molar-refractivity contribution < 1.29 is 9.90 Å². The van der Waals surface area contributed by atoms with Crippen molar-refractivity contribution in [3.8, 4) is 0 Å². The van der Waals surface area contributed by atoms with Crippen LogP contribution in [0.1, 0.15) is 33.1 Å². The van der Waals surface area contributed by atoms with Crippen LogP contribution in [0.3, 0.4) is 0 Å². The fourth-order valence-electron chi connectivity index (χ4n) is 1.15. The maximum Gasteiger partial charge on any atom is 0.224 e. The second-order valence-corrected chi connectivity index (χ2v) is 3.82. The monoisotopic (exact) mass is 187 g/mol. The Morgan fingerprint density at radius 2 is 2.08 bits per heavy atom. The number of aliphatic hydroxyl groups is 1. The molecule has 0 aliphatic heterocycles. The molecule has 0 spiro atoms.